The van der Waals surface area contributed by atoms with Crippen LogP contribution in [0.4, 0.5) is 0 Å². The third kappa shape index (κ3) is 12.6. The molecule has 3 aromatic rings. The van der Waals surface area contributed by atoms with Gasteiger partial charge in [-0.25, -0.2) is 0 Å². The second-order valence-electron chi connectivity index (χ2n) is 10.5. The molecule has 3 heteroatoms. The number of hydrogen-bond acceptors (Lipinski definition) is 2. The van der Waals surface area contributed by atoms with E-state index in [2.05, 4.69) is 50.0 Å². The number of aryl methyl sites for hydroxylation is 1. The average molecular weight is 602 g/mol. The van der Waals surface area contributed by atoms with Crippen molar-refractivity contribution in [2.75, 3.05) is 6.61 Å². The Labute approximate surface area is 249 Å². The van der Waals surface area contributed by atoms with Gasteiger partial charge in [-0.15, -0.1) is 0 Å². The molecule has 3 aromatic carbocycles. The van der Waals surface area contributed by atoms with Gasteiger partial charge < -0.3 is 0 Å². The second kappa shape index (κ2) is 19.3. The fourth-order valence-electron chi connectivity index (χ4n) is 4.54. The van der Waals surface area contributed by atoms with Gasteiger partial charge in [-0.1, -0.05) is 39.0 Å². The monoisotopic (exact) mass is 602 g/mol. The van der Waals surface area contributed by atoms with Gasteiger partial charge in [0.05, 0.1) is 6.61 Å². The summed E-state index contributed by atoms with van der Waals surface area (Å²) in [6.45, 7) is 5.27. The zero-order valence-corrected chi connectivity index (χ0v) is 26.3. The summed E-state index contributed by atoms with van der Waals surface area (Å²) in [5.74, 6) is 7.33. The number of benzene rings is 3. The van der Waals surface area contributed by atoms with Gasteiger partial charge in [-0.3, -0.25) is 0 Å². The van der Waals surface area contributed by atoms with Crippen molar-refractivity contribution in [2.45, 2.75) is 97.3 Å². The van der Waals surface area contributed by atoms with Crippen LogP contribution in [-0.2, 0) is 6.42 Å². The predicted molar refractivity (Wildman–Crippen MR) is 171 cm³/mol. The van der Waals surface area contributed by atoms with Crippen LogP contribution in [0.25, 0.3) is 0 Å². The van der Waals surface area contributed by atoms with E-state index in [9.17, 15) is 4.79 Å². The molecule has 0 amide bonds. The molecule has 0 unspecified atom stereocenters. The van der Waals surface area contributed by atoms with E-state index < -0.39 is 0 Å². The van der Waals surface area contributed by atoms with E-state index in [1.54, 1.807) is 0 Å². The molecular weight excluding hydrogens is 555 g/mol. The van der Waals surface area contributed by atoms with Crippen molar-refractivity contribution in [3.05, 3.63) is 95.1 Å². The van der Waals surface area contributed by atoms with Crippen molar-refractivity contribution in [1.29, 1.82) is 0 Å². The van der Waals surface area contributed by atoms with Crippen LogP contribution in [0.3, 0.4) is 0 Å². The number of hydrogen-bond donors (Lipinski definition) is 0. The Morgan fingerprint density at radius 1 is 0.625 bits per heavy atom. The molecule has 0 aromatic heterocycles. The van der Waals surface area contributed by atoms with E-state index in [0.717, 1.165) is 46.4 Å². The van der Waals surface area contributed by atoms with Crippen LogP contribution in [0.15, 0.2) is 72.8 Å². The fraction of sp³-hybridized carbons (Fsp3) is 0.432. The van der Waals surface area contributed by atoms with Crippen molar-refractivity contribution in [2.24, 2.45) is 0 Å². The molecule has 0 aliphatic heterocycles. The van der Waals surface area contributed by atoms with E-state index in [0.29, 0.717) is 0 Å². The molecule has 0 saturated heterocycles. The predicted octanol–water partition coefficient (Wildman–Crippen LogP) is 8.90. The zero-order chi connectivity index (χ0) is 28.3. The minimum absolute atomic E-state index is 0.201. The van der Waals surface area contributed by atoms with Gasteiger partial charge in [0, 0.05) is 0 Å². The molecule has 0 bridgehead atoms. The first-order valence-corrected chi connectivity index (χ1v) is 17.1. The van der Waals surface area contributed by atoms with Crippen LogP contribution in [0, 0.1) is 11.8 Å². The Morgan fingerprint density at radius 2 is 1.15 bits per heavy atom. The van der Waals surface area contributed by atoms with Crippen LogP contribution in [0.1, 0.15) is 118 Å². The molecule has 0 N–H and O–H groups in total. The molecule has 0 spiro atoms. The van der Waals surface area contributed by atoms with Crippen LogP contribution < -0.4 is 9.20 Å². The van der Waals surface area contributed by atoms with Crippen LogP contribution in [0.5, 0.6) is 5.75 Å². The molecule has 2 nitrogen and oxygen atoms in total. The van der Waals surface area contributed by atoms with Gasteiger partial charge in [0.15, 0.2) is 0 Å². The van der Waals surface area contributed by atoms with Crippen molar-refractivity contribution in [3.63, 3.8) is 0 Å². The summed E-state index contributed by atoms with van der Waals surface area (Å²) in [7, 11) is 0. The van der Waals surface area contributed by atoms with Gasteiger partial charge in [0.1, 0.15) is 0 Å². The van der Waals surface area contributed by atoms with E-state index in [1.807, 2.05) is 48.5 Å². The first-order valence-electron chi connectivity index (χ1n) is 15.3. The molecule has 40 heavy (non-hydrogen) atoms. The number of unbranched alkanes of at least 4 members (excludes halogenated alkanes) is 10. The van der Waals surface area contributed by atoms with Gasteiger partial charge in [-0.2, -0.15) is 0 Å². The van der Waals surface area contributed by atoms with E-state index in [-0.39, 0.29) is 19.6 Å². The Bertz CT molecular complexity index is 1170. The van der Waals surface area contributed by atoms with E-state index >= 15 is 0 Å². The van der Waals surface area contributed by atoms with Crippen LogP contribution >= 0.6 is 0 Å². The van der Waals surface area contributed by atoms with Crippen molar-refractivity contribution in [1.82, 2.24) is 0 Å². The minimum atomic E-state index is -0.218. The van der Waals surface area contributed by atoms with E-state index in [1.165, 1.54) is 76.2 Å². The maximum absolute atomic E-state index is 12.9. The number of rotatable bonds is 18. The molecule has 3 rings (SSSR count). The molecule has 0 fully saturated rings. The third-order valence-corrected chi connectivity index (χ3v) is 8.99. The zero-order valence-electron chi connectivity index (χ0n) is 24.6. The summed E-state index contributed by atoms with van der Waals surface area (Å²) >= 11 is -0.218. The standard InChI is InChI=1S/C37H46O2Se/c1-3-5-7-9-11-13-15-31-22-28-36(29-23-31)40-37(38)34-24-18-32(19-25-34)16-17-33-20-26-35(27-21-33)39-30-14-12-10-8-6-4-2/h18-29H,3-15,30H2,1-2H3. The number of carbonyl (C=O) groups is 1. The first-order chi connectivity index (χ1) is 19.7. The molecule has 0 aliphatic rings. The van der Waals surface area contributed by atoms with Crippen LogP contribution in [0.2, 0.25) is 0 Å². The first kappa shape index (κ1) is 31.7. The van der Waals surface area contributed by atoms with Crippen molar-refractivity contribution >= 4 is 24.1 Å². The van der Waals surface area contributed by atoms with Gasteiger partial charge in [0.25, 0.3) is 0 Å². The van der Waals surface area contributed by atoms with Crippen molar-refractivity contribution < 1.29 is 9.53 Å². The van der Waals surface area contributed by atoms with Gasteiger partial charge in [0.2, 0.25) is 0 Å². The fourth-order valence-corrected chi connectivity index (χ4v) is 6.09. The summed E-state index contributed by atoms with van der Waals surface area (Å²) in [6.07, 6.45) is 16.6. The molecule has 0 heterocycles. The molecule has 0 radical (unpaired) electrons. The molecule has 0 aliphatic carbocycles. The summed E-state index contributed by atoms with van der Waals surface area (Å²) < 4.78 is 7.20. The molecule has 212 valence electrons. The van der Waals surface area contributed by atoms with E-state index in [4.69, 9.17) is 4.74 Å². The molecule has 0 atom stereocenters. The van der Waals surface area contributed by atoms with Crippen LogP contribution in [-0.4, -0.2) is 26.2 Å². The molecule has 0 saturated carbocycles. The summed E-state index contributed by atoms with van der Waals surface area (Å²) in [4.78, 5) is 12.9. The Hall–Kier alpha value is -2.79. The van der Waals surface area contributed by atoms with Gasteiger partial charge >= 0.3 is 198 Å². The normalized spacial score (nSPS) is 10.7. The second-order valence-corrected chi connectivity index (χ2v) is 12.7. The summed E-state index contributed by atoms with van der Waals surface area (Å²) in [6, 6.07) is 24.3. The summed E-state index contributed by atoms with van der Waals surface area (Å²) in [5, 5.41) is 0. The van der Waals surface area contributed by atoms with Crippen molar-refractivity contribution in [3.8, 4) is 17.6 Å². The quantitative estimate of drug-likeness (QED) is 0.0827. The van der Waals surface area contributed by atoms with Gasteiger partial charge in [-0.05, 0) is 6.42 Å². The Kier molecular flexibility index (Phi) is 15.3. The third-order valence-electron chi connectivity index (χ3n) is 7.05. The summed E-state index contributed by atoms with van der Waals surface area (Å²) in [5.41, 5.74) is 4.00. The number of ether oxygens (including phenoxy) is 1. The molecular formula is C37H46O2Se. The average Bonchev–Trinajstić information content (AvgIpc) is 2.99. The maximum atomic E-state index is 12.9. The Balaban J connectivity index is 1.40. The SMILES string of the molecule is CCCCCCCCOc1ccc(C#Cc2ccc(C(=O)[Se]c3ccc(CCCCCCCC)cc3)cc2)cc1. The number of carbonyl (C=O) groups excluding carboxylic acids is 1. The topological polar surface area (TPSA) is 26.3 Å². The Morgan fingerprint density at radius 3 is 1.75 bits per heavy atom.